The molecular formula is C14H16N3O2. The van der Waals surface area contributed by atoms with Gasteiger partial charge < -0.3 is 0 Å². The minimum absolute atomic E-state index is 0.109. The van der Waals surface area contributed by atoms with Crippen LogP contribution in [0, 0.1) is 27.7 Å². The third-order valence-corrected chi connectivity index (χ3v) is 2.62. The van der Waals surface area contributed by atoms with E-state index in [1.54, 1.807) is 6.07 Å². The number of aromatic nitrogens is 3. The van der Waals surface area contributed by atoms with Crippen molar-refractivity contribution in [2.75, 3.05) is 0 Å². The lowest BCUT2D eigenvalue weighted by Crippen LogP contribution is -1.97. The van der Waals surface area contributed by atoms with E-state index in [-0.39, 0.29) is 5.56 Å². The van der Waals surface area contributed by atoms with E-state index >= 15 is 0 Å². The van der Waals surface area contributed by atoms with Gasteiger partial charge in [0.15, 0.2) is 0 Å². The van der Waals surface area contributed by atoms with Crippen LogP contribution in [0.4, 0.5) is 0 Å². The maximum absolute atomic E-state index is 10.0. The summed E-state index contributed by atoms with van der Waals surface area (Å²) in [5.74, 6) is -1.19. The summed E-state index contributed by atoms with van der Waals surface area (Å²) in [7, 11) is 0. The van der Waals surface area contributed by atoms with Crippen LogP contribution in [0.1, 0.15) is 33.1 Å². The number of aryl methyl sites for hydroxylation is 4. The lowest BCUT2D eigenvalue weighted by atomic mass is 10.3. The summed E-state index contributed by atoms with van der Waals surface area (Å²) < 4.78 is 0. The normalized spacial score (nSPS) is 9.47. The lowest BCUT2D eigenvalue weighted by Gasteiger charge is -2.01. The van der Waals surface area contributed by atoms with Gasteiger partial charge in [0.25, 0.3) is 0 Å². The molecule has 0 saturated carbocycles. The first kappa shape index (κ1) is 14.8. The molecule has 0 atom stereocenters. The molecule has 0 bridgehead atoms. The molecule has 5 heteroatoms. The van der Waals surface area contributed by atoms with Gasteiger partial charge in [-0.1, -0.05) is 0 Å². The molecule has 0 aliphatic rings. The minimum Gasteiger partial charge on any atom is -0.264 e. The fraction of sp³-hybridized carbons (Fsp3) is 0.286. The molecule has 2 aromatic heterocycles. The van der Waals surface area contributed by atoms with Crippen LogP contribution in [0.2, 0.25) is 0 Å². The summed E-state index contributed by atoms with van der Waals surface area (Å²) in [5.41, 5.74) is 4.23. The Labute approximate surface area is 112 Å². The number of nitrogens with zero attached hydrogens (tertiary/aromatic N) is 3. The summed E-state index contributed by atoms with van der Waals surface area (Å²) in [4.78, 5) is 22.3. The number of hydrogen-bond donors (Lipinski definition) is 0. The molecule has 0 fully saturated rings. The second kappa shape index (κ2) is 6.58. The number of pyridine rings is 1. The van der Waals surface area contributed by atoms with Crippen molar-refractivity contribution in [3.05, 3.63) is 52.9 Å². The monoisotopic (exact) mass is 258 g/mol. The van der Waals surface area contributed by atoms with Gasteiger partial charge in [-0.25, -0.2) is 9.90 Å². The van der Waals surface area contributed by atoms with E-state index in [2.05, 4.69) is 15.0 Å². The topological polar surface area (TPSA) is 75.6 Å². The van der Waals surface area contributed by atoms with Crippen LogP contribution in [0.5, 0.6) is 0 Å². The molecule has 1 radical (unpaired) electrons. The van der Waals surface area contributed by atoms with Crippen molar-refractivity contribution in [1.82, 2.24) is 15.0 Å². The number of carbonyl (C=O) groups excluding carboxylic acids is 1. The highest BCUT2D eigenvalue weighted by molar-refractivity contribution is 5.86. The van der Waals surface area contributed by atoms with Gasteiger partial charge in [-0.15, -0.1) is 0 Å². The SMILES string of the molecule is Cc1nc(C)c(C)nc1C.[O]C(=O)c1cccnc1. The van der Waals surface area contributed by atoms with Crippen LogP contribution >= 0.6 is 0 Å². The van der Waals surface area contributed by atoms with Crippen molar-refractivity contribution in [1.29, 1.82) is 0 Å². The van der Waals surface area contributed by atoms with Gasteiger partial charge in [0, 0.05) is 12.4 Å². The standard InChI is InChI=1S/C8H12N2.C6H4NO2/c1-5-6(2)10-8(4)7(3)9-5;8-6(9)5-2-1-3-7-4-5/h1-4H3;1-4H. The molecule has 99 valence electrons. The first-order valence-electron chi connectivity index (χ1n) is 5.81. The molecule has 0 spiro atoms. The largest absolute Gasteiger partial charge is 0.387 e. The van der Waals surface area contributed by atoms with Crippen LogP contribution in [-0.4, -0.2) is 20.9 Å². The maximum Gasteiger partial charge on any atom is 0.387 e. The summed E-state index contributed by atoms with van der Waals surface area (Å²) in [6.45, 7) is 7.92. The molecule has 2 heterocycles. The van der Waals surface area contributed by atoms with Crippen molar-refractivity contribution in [3.63, 3.8) is 0 Å². The average molecular weight is 258 g/mol. The summed E-state index contributed by atoms with van der Waals surface area (Å²) in [5, 5.41) is 10.0. The summed E-state index contributed by atoms with van der Waals surface area (Å²) in [6.07, 6.45) is 2.75. The molecule has 2 aromatic rings. The molecule has 0 aliphatic heterocycles. The van der Waals surface area contributed by atoms with Crippen molar-refractivity contribution in [2.24, 2.45) is 0 Å². The Morgan fingerprint density at radius 1 is 0.947 bits per heavy atom. The quantitative estimate of drug-likeness (QED) is 0.786. The molecule has 0 N–H and O–H groups in total. The highest BCUT2D eigenvalue weighted by atomic mass is 16.4. The van der Waals surface area contributed by atoms with Crippen LogP contribution < -0.4 is 0 Å². The Hall–Kier alpha value is -2.30. The van der Waals surface area contributed by atoms with Crippen LogP contribution in [0.15, 0.2) is 24.5 Å². The van der Waals surface area contributed by atoms with Crippen LogP contribution in [0.25, 0.3) is 0 Å². The van der Waals surface area contributed by atoms with E-state index in [9.17, 15) is 9.90 Å². The highest BCUT2D eigenvalue weighted by Crippen LogP contribution is 2.04. The lowest BCUT2D eigenvalue weighted by molar-refractivity contribution is 0.0572. The van der Waals surface area contributed by atoms with Gasteiger partial charge in [0.05, 0.1) is 28.3 Å². The summed E-state index contributed by atoms with van der Waals surface area (Å²) >= 11 is 0. The van der Waals surface area contributed by atoms with Crippen molar-refractivity contribution >= 4 is 5.97 Å². The second-order valence-corrected chi connectivity index (χ2v) is 4.09. The van der Waals surface area contributed by atoms with E-state index in [1.165, 1.54) is 18.5 Å². The van der Waals surface area contributed by atoms with Gasteiger partial charge in [-0.2, -0.15) is 0 Å². The van der Waals surface area contributed by atoms with Gasteiger partial charge in [-0.3, -0.25) is 15.0 Å². The molecule has 0 aliphatic carbocycles. The van der Waals surface area contributed by atoms with Gasteiger partial charge in [0.2, 0.25) is 0 Å². The van der Waals surface area contributed by atoms with Gasteiger partial charge in [-0.05, 0) is 39.8 Å². The van der Waals surface area contributed by atoms with Crippen molar-refractivity contribution in [2.45, 2.75) is 27.7 Å². The Morgan fingerprint density at radius 2 is 1.42 bits per heavy atom. The molecule has 0 amide bonds. The molecule has 0 aromatic carbocycles. The molecule has 0 unspecified atom stereocenters. The summed E-state index contributed by atoms with van der Waals surface area (Å²) in [6, 6.07) is 2.98. The molecule has 5 nitrogen and oxygen atoms in total. The molecule has 2 rings (SSSR count). The predicted octanol–water partition coefficient (Wildman–Crippen LogP) is 2.36. The van der Waals surface area contributed by atoms with Gasteiger partial charge in [0.1, 0.15) is 0 Å². The van der Waals surface area contributed by atoms with Crippen LogP contribution in [0.3, 0.4) is 0 Å². The minimum atomic E-state index is -1.19. The highest BCUT2D eigenvalue weighted by Gasteiger charge is 2.01. The van der Waals surface area contributed by atoms with Crippen LogP contribution in [-0.2, 0) is 5.11 Å². The Morgan fingerprint density at radius 3 is 1.68 bits per heavy atom. The van der Waals surface area contributed by atoms with E-state index in [0.717, 1.165) is 22.8 Å². The third kappa shape index (κ3) is 4.46. The fourth-order valence-corrected chi connectivity index (χ4v) is 1.31. The second-order valence-electron chi connectivity index (χ2n) is 4.09. The predicted molar refractivity (Wildman–Crippen MR) is 70.2 cm³/mol. The van der Waals surface area contributed by atoms with Crippen molar-refractivity contribution < 1.29 is 9.90 Å². The Kier molecular flexibility index (Phi) is 5.11. The zero-order valence-electron chi connectivity index (χ0n) is 11.5. The molecule has 0 saturated heterocycles. The van der Waals surface area contributed by atoms with E-state index < -0.39 is 5.97 Å². The number of hydrogen-bond acceptors (Lipinski definition) is 4. The zero-order chi connectivity index (χ0) is 14.4. The van der Waals surface area contributed by atoms with Gasteiger partial charge >= 0.3 is 5.97 Å². The Balaban J connectivity index is 0.000000191. The maximum atomic E-state index is 10.0. The van der Waals surface area contributed by atoms with E-state index in [0.29, 0.717) is 0 Å². The van der Waals surface area contributed by atoms with E-state index in [1.807, 2.05) is 27.7 Å². The average Bonchev–Trinajstić information content (AvgIpc) is 2.38. The Bertz CT molecular complexity index is 518. The fourth-order valence-electron chi connectivity index (χ4n) is 1.31. The zero-order valence-corrected chi connectivity index (χ0v) is 11.5. The smallest absolute Gasteiger partial charge is 0.264 e. The first-order chi connectivity index (χ1) is 8.91. The number of rotatable bonds is 1. The third-order valence-electron chi connectivity index (χ3n) is 2.62. The number of carbonyl (C=O) groups is 1. The van der Waals surface area contributed by atoms with Crippen molar-refractivity contribution in [3.8, 4) is 0 Å². The molecular weight excluding hydrogens is 242 g/mol. The molecule has 19 heavy (non-hydrogen) atoms. The first-order valence-corrected chi connectivity index (χ1v) is 5.81. The van der Waals surface area contributed by atoms with E-state index in [4.69, 9.17) is 0 Å².